The number of halogens is 1. The fourth-order valence-electron chi connectivity index (χ4n) is 3.96. The minimum absolute atomic E-state index is 0.207. The van der Waals surface area contributed by atoms with Crippen molar-refractivity contribution in [2.24, 2.45) is 0 Å². The van der Waals surface area contributed by atoms with Crippen molar-refractivity contribution < 1.29 is 9.53 Å². The second-order valence-electron chi connectivity index (χ2n) is 8.09. The topological polar surface area (TPSA) is 72.3 Å². The Balaban J connectivity index is 1.62. The summed E-state index contributed by atoms with van der Waals surface area (Å²) in [5.74, 6) is 0.465. The van der Waals surface area contributed by atoms with Crippen LogP contribution in [0, 0.1) is 13.8 Å². The highest BCUT2D eigenvalue weighted by molar-refractivity contribution is 9.10. The van der Waals surface area contributed by atoms with Crippen LogP contribution in [-0.2, 0) is 0 Å². The normalized spacial score (nSPS) is 11.0. The second kappa shape index (κ2) is 9.85. The first-order valence-electron chi connectivity index (χ1n) is 11.2. The average Bonchev–Trinajstić information content (AvgIpc) is 3.22. The van der Waals surface area contributed by atoms with Crippen molar-refractivity contribution in [2.45, 2.75) is 27.7 Å². The number of benzene rings is 3. The van der Waals surface area contributed by atoms with Gasteiger partial charge in [-0.2, -0.15) is 4.80 Å². The highest BCUT2D eigenvalue weighted by atomic mass is 79.9. The lowest BCUT2D eigenvalue weighted by atomic mass is 10.1. The number of carbonyl (C=O) groups is 1. The number of aromatic nitrogens is 3. The van der Waals surface area contributed by atoms with Gasteiger partial charge in [0.25, 0.3) is 5.91 Å². The Labute approximate surface area is 207 Å². The minimum Gasteiger partial charge on any atom is -0.496 e. The molecule has 0 atom stereocenters. The molecule has 4 aromatic rings. The Kier molecular flexibility index (Phi) is 6.88. The van der Waals surface area contributed by atoms with Crippen molar-refractivity contribution >= 4 is 44.2 Å². The maximum Gasteiger partial charge on any atom is 0.255 e. The number of fused-ring (bicyclic) bond motifs is 1. The molecule has 0 fully saturated rings. The Bertz CT molecular complexity index is 1360. The molecule has 34 heavy (non-hydrogen) atoms. The van der Waals surface area contributed by atoms with Crippen LogP contribution >= 0.6 is 15.9 Å². The molecule has 0 aliphatic heterocycles. The zero-order valence-electron chi connectivity index (χ0n) is 20.0. The van der Waals surface area contributed by atoms with Crippen LogP contribution in [0.1, 0.15) is 35.3 Å². The van der Waals surface area contributed by atoms with Gasteiger partial charge in [-0.3, -0.25) is 4.79 Å². The Morgan fingerprint density at radius 1 is 1.00 bits per heavy atom. The van der Waals surface area contributed by atoms with Gasteiger partial charge in [-0.15, -0.1) is 10.2 Å². The summed E-state index contributed by atoms with van der Waals surface area (Å²) >= 11 is 3.43. The van der Waals surface area contributed by atoms with Crippen LogP contribution in [0.15, 0.2) is 53.0 Å². The number of anilines is 2. The van der Waals surface area contributed by atoms with E-state index >= 15 is 0 Å². The molecule has 1 amide bonds. The molecule has 176 valence electrons. The summed E-state index contributed by atoms with van der Waals surface area (Å²) in [6.45, 7) is 10.2. The van der Waals surface area contributed by atoms with Crippen LogP contribution in [-0.4, -0.2) is 41.1 Å². The maximum atomic E-state index is 12.8. The first kappa shape index (κ1) is 23.8. The number of ether oxygens (including phenoxy) is 1. The summed E-state index contributed by atoms with van der Waals surface area (Å²) < 4.78 is 5.97. The Morgan fingerprint density at radius 3 is 2.32 bits per heavy atom. The quantitative estimate of drug-likeness (QED) is 0.327. The predicted octanol–water partition coefficient (Wildman–Crippen LogP) is 5.91. The van der Waals surface area contributed by atoms with E-state index in [1.807, 2.05) is 19.1 Å². The van der Waals surface area contributed by atoms with Crippen LogP contribution in [0.4, 0.5) is 11.4 Å². The van der Waals surface area contributed by atoms with Gasteiger partial charge in [0.1, 0.15) is 16.8 Å². The van der Waals surface area contributed by atoms with E-state index in [2.05, 4.69) is 70.2 Å². The van der Waals surface area contributed by atoms with E-state index in [4.69, 9.17) is 9.84 Å². The summed E-state index contributed by atoms with van der Waals surface area (Å²) in [6.07, 6.45) is 0. The molecule has 8 heteroatoms. The molecule has 4 rings (SSSR count). The number of carbonyl (C=O) groups excluding carboxylic acids is 1. The smallest absolute Gasteiger partial charge is 0.255 e. The largest absolute Gasteiger partial charge is 0.496 e. The molecular weight excluding hydrogens is 494 g/mol. The van der Waals surface area contributed by atoms with Crippen molar-refractivity contribution in [1.29, 1.82) is 0 Å². The van der Waals surface area contributed by atoms with Crippen molar-refractivity contribution in [3.8, 4) is 11.4 Å². The molecule has 1 N–H and O–H groups in total. The van der Waals surface area contributed by atoms with Gasteiger partial charge < -0.3 is 15.0 Å². The molecule has 3 aromatic carbocycles. The average molecular weight is 522 g/mol. The lowest BCUT2D eigenvalue weighted by molar-refractivity contribution is 0.102. The zero-order chi connectivity index (χ0) is 24.4. The third-order valence-electron chi connectivity index (χ3n) is 5.91. The van der Waals surface area contributed by atoms with Crippen LogP contribution < -0.4 is 15.0 Å². The highest BCUT2D eigenvalue weighted by Crippen LogP contribution is 2.28. The molecule has 0 aliphatic carbocycles. The Hall–Kier alpha value is -3.39. The molecule has 0 saturated carbocycles. The van der Waals surface area contributed by atoms with Crippen molar-refractivity contribution in [3.63, 3.8) is 0 Å². The van der Waals surface area contributed by atoms with E-state index in [-0.39, 0.29) is 5.91 Å². The van der Waals surface area contributed by atoms with E-state index in [1.165, 1.54) is 5.69 Å². The number of nitrogens with one attached hydrogen (secondary N) is 1. The molecule has 0 saturated heterocycles. The number of hydrogen-bond donors (Lipinski definition) is 1. The molecule has 0 bridgehead atoms. The lowest BCUT2D eigenvalue weighted by Gasteiger charge is -2.22. The number of nitrogens with zero attached hydrogens (tertiary/aromatic N) is 4. The molecule has 0 unspecified atom stereocenters. The number of aryl methyl sites for hydroxylation is 2. The van der Waals surface area contributed by atoms with Crippen LogP contribution in [0.2, 0.25) is 0 Å². The van der Waals surface area contributed by atoms with Crippen molar-refractivity contribution in [1.82, 2.24) is 15.0 Å². The summed E-state index contributed by atoms with van der Waals surface area (Å²) in [4.78, 5) is 16.8. The fraction of sp³-hybridized carbons (Fsp3) is 0.269. The predicted molar refractivity (Wildman–Crippen MR) is 141 cm³/mol. The molecule has 0 radical (unpaired) electrons. The molecule has 7 nitrogen and oxygen atoms in total. The third kappa shape index (κ3) is 4.63. The molecule has 0 aliphatic rings. The van der Waals surface area contributed by atoms with Crippen LogP contribution in [0.3, 0.4) is 0 Å². The summed E-state index contributed by atoms with van der Waals surface area (Å²) in [6, 6.07) is 15.4. The summed E-state index contributed by atoms with van der Waals surface area (Å²) in [7, 11) is 1.59. The van der Waals surface area contributed by atoms with Gasteiger partial charge in [-0.05, 0) is 103 Å². The van der Waals surface area contributed by atoms with Gasteiger partial charge in [0.15, 0.2) is 0 Å². The number of methoxy groups -OCH3 is 1. The van der Waals surface area contributed by atoms with Crippen molar-refractivity contribution in [3.05, 3.63) is 69.7 Å². The lowest BCUT2D eigenvalue weighted by Crippen LogP contribution is -2.21. The third-order valence-corrected chi connectivity index (χ3v) is 6.53. The fourth-order valence-corrected chi connectivity index (χ4v) is 4.50. The van der Waals surface area contributed by atoms with E-state index in [9.17, 15) is 4.79 Å². The Morgan fingerprint density at radius 2 is 1.71 bits per heavy atom. The number of hydrogen-bond acceptors (Lipinski definition) is 5. The van der Waals surface area contributed by atoms with Gasteiger partial charge in [0.2, 0.25) is 0 Å². The zero-order valence-corrected chi connectivity index (χ0v) is 21.6. The van der Waals surface area contributed by atoms with E-state index in [0.717, 1.165) is 39.9 Å². The molecular formula is C26H28BrN5O2. The highest BCUT2D eigenvalue weighted by Gasteiger charge is 2.14. The van der Waals surface area contributed by atoms with Gasteiger partial charge in [-0.1, -0.05) is 0 Å². The first-order chi connectivity index (χ1) is 16.3. The molecule has 0 spiro atoms. The van der Waals surface area contributed by atoms with E-state index in [0.29, 0.717) is 22.5 Å². The molecule has 1 aromatic heterocycles. The standard InChI is InChI=1S/C26H28BrN5O2/c1-6-31(7-2)19-9-10-24(17(4)12-19)32-29-22-13-16(3)21(15-23(22)30-32)28-26(33)18-8-11-25(34-5)20(27)14-18/h8-15H,6-7H2,1-5H3,(H,28,33). The van der Waals surface area contributed by atoms with Crippen LogP contribution in [0.5, 0.6) is 5.75 Å². The summed E-state index contributed by atoms with van der Waals surface area (Å²) in [5, 5.41) is 12.4. The number of amides is 1. The van der Waals surface area contributed by atoms with E-state index in [1.54, 1.807) is 30.1 Å². The summed E-state index contributed by atoms with van der Waals surface area (Å²) in [5.41, 5.74) is 6.84. The maximum absolute atomic E-state index is 12.8. The van der Waals surface area contributed by atoms with E-state index < -0.39 is 0 Å². The van der Waals surface area contributed by atoms with Gasteiger partial charge >= 0.3 is 0 Å². The number of rotatable bonds is 7. The monoisotopic (exact) mass is 521 g/mol. The molecule has 1 heterocycles. The van der Waals surface area contributed by atoms with Crippen molar-refractivity contribution in [2.75, 3.05) is 30.4 Å². The van der Waals surface area contributed by atoms with Crippen LogP contribution in [0.25, 0.3) is 16.7 Å². The first-order valence-corrected chi connectivity index (χ1v) is 12.0. The van der Waals surface area contributed by atoms with Gasteiger partial charge in [0.05, 0.1) is 17.3 Å². The minimum atomic E-state index is -0.207. The van der Waals surface area contributed by atoms with Gasteiger partial charge in [-0.25, -0.2) is 0 Å². The van der Waals surface area contributed by atoms with Gasteiger partial charge in [0, 0.05) is 30.0 Å². The second-order valence-corrected chi connectivity index (χ2v) is 8.95. The SMILES string of the molecule is CCN(CC)c1ccc(-n2nc3cc(C)c(NC(=O)c4ccc(OC)c(Br)c4)cc3n2)c(C)c1.